The zero-order valence-electron chi connectivity index (χ0n) is 17.0. The standard InChI is InChI=1S/C16H30N8O6S/c1-7(22-13(27)8(17)3-2-4-21-16(19)20)12(26)24-10(6-31)14(28)23-9(15(29)30)5-11(18)25/h7-10,31H,2-6,17H2,1H3,(H2,18,25)(H,22,27)(H,23,28)(H,24,26)(H,29,30)(H4,19,20,21). The van der Waals surface area contributed by atoms with Crippen LogP contribution < -0.4 is 38.9 Å². The lowest BCUT2D eigenvalue weighted by atomic mass is 10.1. The zero-order chi connectivity index (χ0) is 24.1. The third kappa shape index (κ3) is 11.6. The maximum absolute atomic E-state index is 12.3. The minimum absolute atomic E-state index is 0.0737. The smallest absolute Gasteiger partial charge is 0.326 e. The molecule has 31 heavy (non-hydrogen) atoms. The molecule has 0 aromatic heterocycles. The van der Waals surface area contributed by atoms with E-state index in [1.165, 1.54) is 6.92 Å². The molecule has 15 heteroatoms. The number of carboxylic acid groups (broad SMARTS) is 1. The number of nitrogens with two attached hydrogens (primary N) is 4. The second kappa shape index (κ2) is 14.0. The van der Waals surface area contributed by atoms with Crippen LogP contribution >= 0.6 is 12.6 Å². The van der Waals surface area contributed by atoms with Gasteiger partial charge in [0.25, 0.3) is 0 Å². The number of rotatable bonds is 14. The molecule has 0 aliphatic rings. The predicted molar refractivity (Wildman–Crippen MR) is 115 cm³/mol. The fraction of sp³-hybridized carbons (Fsp3) is 0.625. The molecule has 0 rings (SSSR count). The third-order valence-corrected chi connectivity index (χ3v) is 4.26. The van der Waals surface area contributed by atoms with E-state index in [0.29, 0.717) is 13.0 Å². The minimum Gasteiger partial charge on any atom is -0.480 e. The first-order chi connectivity index (χ1) is 14.4. The minimum atomic E-state index is -1.56. The first-order valence-electron chi connectivity index (χ1n) is 9.23. The van der Waals surface area contributed by atoms with E-state index < -0.39 is 60.2 Å². The summed E-state index contributed by atoms with van der Waals surface area (Å²) in [7, 11) is 0. The summed E-state index contributed by atoms with van der Waals surface area (Å²) in [5, 5.41) is 15.9. The van der Waals surface area contributed by atoms with Crippen molar-refractivity contribution in [2.24, 2.45) is 27.9 Å². The molecule has 4 atom stereocenters. The van der Waals surface area contributed by atoms with E-state index in [1.807, 2.05) is 0 Å². The molecule has 0 aromatic rings. The number of guanidine groups is 1. The molecule has 12 N–H and O–H groups in total. The molecule has 0 radical (unpaired) electrons. The van der Waals surface area contributed by atoms with Gasteiger partial charge in [-0.25, -0.2) is 4.79 Å². The van der Waals surface area contributed by atoms with Crippen molar-refractivity contribution in [3.8, 4) is 0 Å². The van der Waals surface area contributed by atoms with Crippen LogP contribution in [0.25, 0.3) is 0 Å². The maximum Gasteiger partial charge on any atom is 0.326 e. The molecule has 0 spiro atoms. The second-order valence-electron chi connectivity index (χ2n) is 6.60. The number of nitrogens with one attached hydrogen (secondary N) is 3. The highest BCUT2D eigenvalue weighted by Crippen LogP contribution is 1.99. The number of primary amides is 1. The van der Waals surface area contributed by atoms with E-state index in [0.717, 1.165) is 0 Å². The fourth-order valence-electron chi connectivity index (χ4n) is 2.20. The van der Waals surface area contributed by atoms with Gasteiger partial charge in [0.1, 0.15) is 18.1 Å². The van der Waals surface area contributed by atoms with Crippen LogP contribution in [0.5, 0.6) is 0 Å². The topological polar surface area (TPSA) is 258 Å². The lowest BCUT2D eigenvalue weighted by molar-refractivity contribution is -0.143. The summed E-state index contributed by atoms with van der Waals surface area (Å²) in [6.45, 7) is 1.67. The molecule has 0 saturated carbocycles. The molecule has 4 unspecified atom stereocenters. The van der Waals surface area contributed by atoms with Crippen molar-refractivity contribution in [1.29, 1.82) is 0 Å². The molecule has 0 aliphatic carbocycles. The molecule has 14 nitrogen and oxygen atoms in total. The van der Waals surface area contributed by atoms with Gasteiger partial charge in [-0.2, -0.15) is 12.6 Å². The summed E-state index contributed by atoms with van der Waals surface area (Å²) in [6, 6.07) is -4.73. The molecular weight excluding hydrogens is 432 g/mol. The van der Waals surface area contributed by atoms with Crippen LogP contribution in [-0.4, -0.2) is 77.1 Å². The number of aliphatic imine (C=N–C) groups is 1. The Balaban J connectivity index is 4.73. The highest BCUT2D eigenvalue weighted by molar-refractivity contribution is 7.80. The fourth-order valence-corrected chi connectivity index (χ4v) is 2.46. The Bertz CT molecular complexity index is 700. The van der Waals surface area contributed by atoms with Crippen molar-refractivity contribution < 1.29 is 29.1 Å². The van der Waals surface area contributed by atoms with E-state index in [2.05, 4.69) is 33.6 Å². The summed E-state index contributed by atoms with van der Waals surface area (Å²) < 4.78 is 0. The molecule has 0 bridgehead atoms. The number of carboxylic acids is 1. The monoisotopic (exact) mass is 462 g/mol. The lowest BCUT2D eigenvalue weighted by Gasteiger charge is -2.22. The molecule has 0 aliphatic heterocycles. The van der Waals surface area contributed by atoms with Crippen LogP contribution in [0, 0.1) is 0 Å². The maximum atomic E-state index is 12.3. The molecule has 4 amide bonds. The van der Waals surface area contributed by atoms with Gasteiger partial charge in [0.15, 0.2) is 5.96 Å². The number of thiol groups is 1. The molecular formula is C16H30N8O6S. The number of hydrogen-bond donors (Lipinski definition) is 9. The Kier molecular flexibility index (Phi) is 12.6. The van der Waals surface area contributed by atoms with Gasteiger partial charge in [-0.3, -0.25) is 24.2 Å². The van der Waals surface area contributed by atoms with Crippen molar-refractivity contribution >= 4 is 48.2 Å². The van der Waals surface area contributed by atoms with Crippen LogP contribution in [0.4, 0.5) is 0 Å². The van der Waals surface area contributed by atoms with Gasteiger partial charge in [0.2, 0.25) is 23.6 Å². The van der Waals surface area contributed by atoms with E-state index >= 15 is 0 Å². The number of hydrogen-bond acceptors (Lipinski definition) is 8. The van der Waals surface area contributed by atoms with Gasteiger partial charge in [-0.05, 0) is 19.8 Å². The van der Waals surface area contributed by atoms with Gasteiger partial charge in [-0.15, -0.1) is 0 Å². The van der Waals surface area contributed by atoms with Crippen molar-refractivity contribution in [3.05, 3.63) is 0 Å². The van der Waals surface area contributed by atoms with Crippen LogP contribution in [0.15, 0.2) is 4.99 Å². The summed E-state index contributed by atoms with van der Waals surface area (Å²) in [4.78, 5) is 62.4. The Morgan fingerprint density at radius 1 is 0.968 bits per heavy atom. The SMILES string of the molecule is CC(NC(=O)C(N)CCCN=C(N)N)C(=O)NC(CS)C(=O)NC(CC(N)=O)C(=O)O. The lowest BCUT2D eigenvalue weighted by Crippen LogP contribution is -2.57. The average molecular weight is 463 g/mol. The number of carbonyl (C=O) groups is 5. The van der Waals surface area contributed by atoms with Gasteiger partial charge < -0.3 is 44.0 Å². The van der Waals surface area contributed by atoms with Crippen LogP contribution in [0.1, 0.15) is 26.2 Å². The second-order valence-corrected chi connectivity index (χ2v) is 6.96. The van der Waals surface area contributed by atoms with E-state index in [-0.39, 0.29) is 18.1 Å². The van der Waals surface area contributed by atoms with E-state index in [9.17, 15) is 24.0 Å². The van der Waals surface area contributed by atoms with Crippen LogP contribution in [0.3, 0.4) is 0 Å². The van der Waals surface area contributed by atoms with Gasteiger partial charge in [0, 0.05) is 12.3 Å². The Morgan fingerprint density at radius 3 is 2.03 bits per heavy atom. The first kappa shape index (κ1) is 27.9. The van der Waals surface area contributed by atoms with E-state index in [4.69, 9.17) is 28.0 Å². The summed E-state index contributed by atoms with van der Waals surface area (Å²) in [6.07, 6.45) is 0.0991. The largest absolute Gasteiger partial charge is 0.480 e. The molecule has 0 aromatic carbocycles. The number of aliphatic carboxylic acids is 1. The molecule has 0 saturated heterocycles. The van der Waals surface area contributed by atoms with E-state index in [1.54, 1.807) is 0 Å². The van der Waals surface area contributed by atoms with Crippen molar-refractivity contribution in [2.45, 2.75) is 50.4 Å². The summed E-state index contributed by atoms with van der Waals surface area (Å²) >= 11 is 3.96. The number of amides is 4. The Morgan fingerprint density at radius 2 is 1.55 bits per heavy atom. The molecule has 0 heterocycles. The number of nitrogens with zero attached hydrogens (tertiary/aromatic N) is 1. The number of carbonyl (C=O) groups excluding carboxylic acids is 4. The van der Waals surface area contributed by atoms with Gasteiger partial charge in [0.05, 0.1) is 12.5 Å². The first-order valence-corrected chi connectivity index (χ1v) is 9.86. The zero-order valence-corrected chi connectivity index (χ0v) is 17.9. The predicted octanol–water partition coefficient (Wildman–Crippen LogP) is -4.27. The van der Waals surface area contributed by atoms with Gasteiger partial charge in [-0.1, -0.05) is 0 Å². The van der Waals surface area contributed by atoms with Gasteiger partial charge >= 0.3 is 5.97 Å². The molecule has 0 fully saturated rings. The van der Waals surface area contributed by atoms with Crippen LogP contribution in [0.2, 0.25) is 0 Å². The summed E-state index contributed by atoms with van der Waals surface area (Å²) in [5.41, 5.74) is 21.1. The van der Waals surface area contributed by atoms with Crippen molar-refractivity contribution in [2.75, 3.05) is 12.3 Å². The van der Waals surface area contributed by atoms with Crippen molar-refractivity contribution in [1.82, 2.24) is 16.0 Å². The average Bonchev–Trinajstić information content (AvgIpc) is 2.67. The molecule has 176 valence electrons. The van der Waals surface area contributed by atoms with Crippen molar-refractivity contribution in [3.63, 3.8) is 0 Å². The third-order valence-electron chi connectivity index (χ3n) is 3.89. The Labute approximate surface area is 184 Å². The Hall–Kier alpha value is -3.07. The summed E-state index contributed by atoms with van der Waals surface area (Å²) in [5.74, 6) is -4.84. The normalized spacial score (nSPS) is 14.3. The highest BCUT2D eigenvalue weighted by Gasteiger charge is 2.28. The quantitative estimate of drug-likeness (QED) is 0.0523. The highest BCUT2D eigenvalue weighted by atomic mass is 32.1. The van der Waals surface area contributed by atoms with Crippen LogP contribution in [-0.2, 0) is 24.0 Å².